The molecule has 0 aliphatic heterocycles. The van der Waals surface area contributed by atoms with E-state index in [2.05, 4.69) is 97.7 Å². The fourth-order valence-corrected chi connectivity index (χ4v) is 14.5. The van der Waals surface area contributed by atoms with Crippen molar-refractivity contribution in [2.75, 3.05) is 102 Å². The number of nitrogens with zero attached hydrogens (tertiary/aromatic N) is 1. The van der Waals surface area contributed by atoms with Crippen molar-refractivity contribution in [3.05, 3.63) is 184 Å². The molecule has 0 amide bonds. The summed E-state index contributed by atoms with van der Waals surface area (Å²) in [4.78, 5) is 10.4. The molecule has 0 unspecified atom stereocenters. The molecule has 0 saturated carbocycles. The second kappa shape index (κ2) is 66.1. The molecule has 0 fully saturated rings. The molecule has 105 heavy (non-hydrogen) atoms. The van der Waals surface area contributed by atoms with Gasteiger partial charge < -0.3 is 31.9 Å². The second-order valence-corrected chi connectivity index (χ2v) is 31.6. The van der Waals surface area contributed by atoms with Gasteiger partial charge in [0.05, 0.1) is 62.7 Å². The Bertz CT molecular complexity index is 3040. The van der Waals surface area contributed by atoms with E-state index in [0.717, 1.165) is 76.7 Å². The average Bonchev–Trinajstić information content (AvgIpc) is 0.828. The molecule has 0 aromatic heterocycles. The van der Waals surface area contributed by atoms with Gasteiger partial charge in [-0.3, -0.25) is 10.1 Å². The Hall–Kier alpha value is -4.94. The first-order valence-electron chi connectivity index (χ1n) is 37.8. The third kappa shape index (κ3) is 53.5. The Morgan fingerprint density at radius 1 is 0.324 bits per heavy atom. The fourth-order valence-electron chi connectivity index (χ4n) is 9.63. The van der Waals surface area contributed by atoms with Gasteiger partial charge >= 0.3 is 12.4 Å². The monoisotopic (exact) mass is 1580 g/mol. The van der Waals surface area contributed by atoms with Crippen LogP contribution in [0, 0.1) is 35.6 Å². The molecule has 0 spiro atoms. The SMILES string of the molecule is CCCCCCSCNc1ccc(C)cc1C(F)(F)F.CCCCCCSCNc1ccc(C)cc1F.CCCCCCSCNc1ccccc1.CCCCCCSCNc1ccccc1C(F)(F)F.CCCCCCSCNc1ccccc1F.CCCCCCSCNc1ccccc1[N+](=O)[O-]. The number of aryl methyl sites for hydroxylation is 2. The van der Waals surface area contributed by atoms with Crippen molar-refractivity contribution in [2.45, 2.75) is 222 Å². The molecule has 0 aliphatic carbocycles. The second-order valence-electron chi connectivity index (χ2n) is 24.9. The van der Waals surface area contributed by atoms with Gasteiger partial charge in [0.15, 0.2) is 0 Å². The molecule has 0 radical (unpaired) electrons. The van der Waals surface area contributed by atoms with Gasteiger partial charge in [-0.05, 0) is 159 Å². The van der Waals surface area contributed by atoms with E-state index in [4.69, 9.17) is 0 Å². The van der Waals surface area contributed by atoms with Crippen LogP contribution < -0.4 is 31.9 Å². The van der Waals surface area contributed by atoms with Crippen LogP contribution in [-0.4, -0.2) is 74.7 Å². The first-order valence-corrected chi connectivity index (χ1v) is 44.7. The summed E-state index contributed by atoms with van der Waals surface area (Å²) in [6.07, 6.45) is 21.7. The van der Waals surface area contributed by atoms with E-state index in [1.165, 1.54) is 189 Å². The van der Waals surface area contributed by atoms with Crippen LogP contribution in [0.5, 0.6) is 0 Å². The van der Waals surface area contributed by atoms with Crippen LogP contribution in [0.4, 0.5) is 74.9 Å². The van der Waals surface area contributed by atoms with Crippen LogP contribution in [-0.2, 0) is 12.4 Å². The standard InChI is InChI=1S/C15H22F3NS.C14H20F3NS.C14H22FNS.C13H20FNS.C13H20N2O2S.C13H21NS/c1-3-4-5-6-9-20-11-19-14-8-7-12(2)10-13(14)15(16,17)18;1-2-3-4-7-10-19-11-18-13-9-6-5-8-12(13)14(15,16)17;1-3-4-5-6-9-17-11-16-14-8-7-12(2)10-13(14)15;1-2-3-4-7-10-16-11-15-13-9-6-5-8-12(13)14;1-2-3-4-7-10-18-11-14-12-8-5-6-9-13(12)15(16)17;1-2-3-4-8-11-15-12-14-13-9-6-5-7-10-13/h7-8,10,19H,3-6,9,11H2,1-2H3;5-6,8-9,18H,2-4,7,10-11H2,1H3;7-8,10,16H,3-6,9,11H2,1-2H3;5-6,8-9,15H,2-4,7,10-11H2,1H3;5-6,8-9,14H,2-4,7,10-11H2,1H3;5-7,9-10,14H,2-4,8,11-12H2,1H3. The van der Waals surface area contributed by atoms with Gasteiger partial charge in [0.1, 0.15) is 17.3 Å². The van der Waals surface area contributed by atoms with Crippen LogP contribution in [0.1, 0.15) is 218 Å². The van der Waals surface area contributed by atoms with Gasteiger partial charge in [-0.1, -0.05) is 229 Å². The number of rotatable bonds is 49. The normalized spacial score (nSPS) is 10.8. The minimum atomic E-state index is -4.31. The van der Waals surface area contributed by atoms with E-state index in [9.17, 15) is 45.2 Å². The van der Waals surface area contributed by atoms with Crippen LogP contribution in [0.2, 0.25) is 0 Å². The van der Waals surface area contributed by atoms with E-state index in [1.807, 2.05) is 66.5 Å². The molecule has 0 aliphatic rings. The maximum atomic E-state index is 13.5. The summed E-state index contributed by atoms with van der Waals surface area (Å²) < 4.78 is 103. The molecular formula is C82H125F8N7O2S6. The summed E-state index contributed by atoms with van der Waals surface area (Å²) in [6.45, 7) is 16.8. The van der Waals surface area contributed by atoms with E-state index in [-0.39, 0.29) is 33.6 Å². The number of para-hydroxylation sites is 5. The molecule has 6 aromatic rings. The van der Waals surface area contributed by atoms with Crippen LogP contribution >= 0.6 is 70.6 Å². The van der Waals surface area contributed by atoms with Gasteiger partial charge in [0.2, 0.25) is 0 Å². The van der Waals surface area contributed by atoms with Gasteiger partial charge in [-0.2, -0.15) is 26.3 Å². The Morgan fingerprint density at radius 3 is 1.01 bits per heavy atom. The number of halogens is 8. The van der Waals surface area contributed by atoms with E-state index < -0.39 is 23.5 Å². The van der Waals surface area contributed by atoms with Crippen molar-refractivity contribution in [3.63, 3.8) is 0 Å². The first kappa shape index (κ1) is 98.1. The highest BCUT2D eigenvalue weighted by atomic mass is 32.2. The predicted molar refractivity (Wildman–Crippen MR) is 455 cm³/mol. The smallest absolute Gasteiger partial charge is 0.376 e. The van der Waals surface area contributed by atoms with Crippen LogP contribution in [0.25, 0.3) is 0 Å². The first-order chi connectivity index (χ1) is 50.8. The zero-order chi connectivity index (χ0) is 77.3. The van der Waals surface area contributed by atoms with E-state index >= 15 is 0 Å². The van der Waals surface area contributed by atoms with Gasteiger partial charge in [0.25, 0.3) is 5.69 Å². The predicted octanol–water partition coefficient (Wildman–Crippen LogP) is 29.1. The Labute approximate surface area is 653 Å². The molecule has 9 nitrogen and oxygen atoms in total. The van der Waals surface area contributed by atoms with Gasteiger partial charge in [0, 0.05) is 23.1 Å². The van der Waals surface area contributed by atoms with Crippen molar-refractivity contribution < 1.29 is 40.0 Å². The van der Waals surface area contributed by atoms with Gasteiger partial charge in [-0.25, -0.2) is 8.78 Å². The summed E-state index contributed by atoms with van der Waals surface area (Å²) >= 11 is 10.7. The number of benzene rings is 6. The highest BCUT2D eigenvalue weighted by Gasteiger charge is 2.34. The number of thioether (sulfide) groups is 6. The zero-order valence-electron chi connectivity index (χ0n) is 64.0. The van der Waals surface area contributed by atoms with Crippen molar-refractivity contribution in [3.8, 4) is 0 Å². The summed E-state index contributed by atoms with van der Waals surface area (Å²) in [5.41, 5.74) is 3.91. The lowest BCUT2D eigenvalue weighted by atomic mass is 10.1. The number of hydrogen-bond donors (Lipinski definition) is 6. The quantitative estimate of drug-likeness (QED) is 0.00716. The van der Waals surface area contributed by atoms with Crippen LogP contribution in [0.3, 0.4) is 0 Å². The number of nitro benzene ring substituents is 1. The highest BCUT2D eigenvalue weighted by Crippen LogP contribution is 2.37. The lowest BCUT2D eigenvalue weighted by molar-refractivity contribution is -0.383. The molecule has 6 N–H and O–H groups in total. The van der Waals surface area contributed by atoms with E-state index in [1.54, 1.807) is 90.7 Å². The summed E-state index contributed by atoms with van der Waals surface area (Å²) in [7, 11) is 0. The Balaban J connectivity index is 0.000000631. The minimum absolute atomic E-state index is 0.143. The third-order valence-corrected chi connectivity index (χ3v) is 21.2. The van der Waals surface area contributed by atoms with E-state index in [0.29, 0.717) is 34.4 Å². The summed E-state index contributed by atoms with van der Waals surface area (Å²) in [5, 5.41) is 29.2. The molecule has 23 heteroatoms. The topological polar surface area (TPSA) is 115 Å². The lowest BCUT2D eigenvalue weighted by Gasteiger charge is -2.15. The fraction of sp³-hybridized carbons (Fsp3) is 0.561. The molecule has 0 atom stereocenters. The molecular weight excluding hydrogens is 1460 g/mol. The van der Waals surface area contributed by atoms with Crippen molar-refractivity contribution in [1.29, 1.82) is 0 Å². The number of hydrogen-bond acceptors (Lipinski definition) is 14. The number of nitrogens with one attached hydrogen (secondary N) is 6. The summed E-state index contributed by atoms with van der Waals surface area (Å²) in [5.74, 6) is 10.7. The molecule has 6 aromatic carbocycles. The minimum Gasteiger partial charge on any atom is -0.376 e. The van der Waals surface area contributed by atoms with Crippen LogP contribution in [0.15, 0.2) is 140 Å². The van der Waals surface area contributed by atoms with Gasteiger partial charge in [-0.15, -0.1) is 70.6 Å². The Morgan fingerprint density at radius 2 is 0.629 bits per heavy atom. The number of alkyl halides is 6. The summed E-state index contributed by atoms with van der Waals surface area (Å²) in [6, 6.07) is 39.2. The maximum Gasteiger partial charge on any atom is 0.418 e. The number of anilines is 6. The average molecular weight is 1590 g/mol. The molecule has 0 heterocycles. The largest absolute Gasteiger partial charge is 0.418 e. The van der Waals surface area contributed by atoms with Crippen molar-refractivity contribution in [2.24, 2.45) is 0 Å². The molecule has 6 rings (SSSR count). The lowest BCUT2D eigenvalue weighted by Crippen LogP contribution is -2.11. The van der Waals surface area contributed by atoms with Crippen molar-refractivity contribution in [1.82, 2.24) is 0 Å². The zero-order valence-corrected chi connectivity index (χ0v) is 68.9. The maximum absolute atomic E-state index is 13.5. The van der Waals surface area contributed by atoms with Crippen molar-refractivity contribution >= 4 is 110 Å². The number of nitro groups is 1. The Kier molecular flexibility index (Phi) is 61.7. The number of unbranched alkanes of at least 4 members (excludes halogenated alkanes) is 18. The molecule has 0 saturated heterocycles. The molecule has 592 valence electrons. The highest BCUT2D eigenvalue weighted by molar-refractivity contribution is 8.00. The third-order valence-electron chi connectivity index (χ3n) is 15.6. The molecule has 0 bridgehead atoms.